The van der Waals surface area contributed by atoms with E-state index in [1.54, 1.807) is 7.11 Å². The summed E-state index contributed by atoms with van der Waals surface area (Å²) in [6.07, 6.45) is 2.65. The first-order valence-corrected chi connectivity index (χ1v) is 9.83. The Labute approximate surface area is 138 Å². The van der Waals surface area contributed by atoms with E-state index in [0.29, 0.717) is 12.8 Å². The Morgan fingerprint density at radius 1 is 1.35 bits per heavy atom. The van der Waals surface area contributed by atoms with Crippen LogP contribution in [0, 0.1) is 5.92 Å². The third-order valence-electron chi connectivity index (χ3n) is 4.23. The average molecular weight is 339 g/mol. The number of nitrogens with one attached hydrogen (secondary N) is 1. The molecule has 0 saturated carbocycles. The van der Waals surface area contributed by atoms with E-state index in [1.807, 2.05) is 31.2 Å². The molecule has 1 aliphatic rings. The minimum absolute atomic E-state index is 0.0196. The molecule has 1 heterocycles. The number of methoxy groups -OCH3 is 1. The van der Waals surface area contributed by atoms with Gasteiger partial charge in [0.1, 0.15) is 5.75 Å². The van der Waals surface area contributed by atoms with E-state index < -0.39 is 9.84 Å². The lowest BCUT2D eigenvalue weighted by Crippen LogP contribution is -2.34. The zero-order chi connectivity index (χ0) is 16.9. The van der Waals surface area contributed by atoms with E-state index >= 15 is 0 Å². The number of amides is 1. The monoisotopic (exact) mass is 339 g/mol. The molecule has 0 aromatic heterocycles. The molecule has 1 aliphatic heterocycles. The molecule has 2 rings (SSSR count). The molecule has 0 bridgehead atoms. The van der Waals surface area contributed by atoms with Gasteiger partial charge in [-0.05, 0) is 49.8 Å². The maximum Gasteiger partial charge on any atom is 0.220 e. The molecule has 1 fully saturated rings. The second-order valence-electron chi connectivity index (χ2n) is 6.33. The van der Waals surface area contributed by atoms with Crippen LogP contribution in [0.2, 0.25) is 0 Å². The quantitative estimate of drug-likeness (QED) is 0.824. The van der Waals surface area contributed by atoms with Gasteiger partial charge in [-0.25, -0.2) is 8.42 Å². The SMILES string of the molecule is COc1ccc(CC[C@@H](C)NC(=O)C[C@H]2CCS(=O)(=O)C2)cc1. The van der Waals surface area contributed by atoms with E-state index in [0.717, 1.165) is 18.6 Å². The number of hydrogen-bond acceptors (Lipinski definition) is 4. The molecule has 0 aliphatic carbocycles. The summed E-state index contributed by atoms with van der Waals surface area (Å²) in [6.45, 7) is 1.98. The van der Waals surface area contributed by atoms with E-state index in [4.69, 9.17) is 4.74 Å². The van der Waals surface area contributed by atoms with Gasteiger partial charge < -0.3 is 10.1 Å². The zero-order valence-corrected chi connectivity index (χ0v) is 14.6. The van der Waals surface area contributed by atoms with Gasteiger partial charge in [-0.2, -0.15) is 0 Å². The van der Waals surface area contributed by atoms with Gasteiger partial charge in [-0.15, -0.1) is 0 Å². The third-order valence-corrected chi connectivity index (χ3v) is 6.07. The molecule has 1 aromatic rings. The van der Waals surface area contributed by atoms with Crippen molar-refractivity contribution in [3.63, 3.8) is 0 Å². The molecule has 6 heteroatoms. The van der Waals surface area contributed by atoms with E-state index in [-0.39, 0.29) is 29.4 Å². The summed E-state index contributed by atoms with van der Waals surface area (Å²) >= 11 is 0. The summed E-state index contributed by atoms with van der Waals surface area (Å²) in [5.74, 6) is 1.14. The van der Waals surface area contributed by atoms with Crippen LogP contribution in [0.15, 0.2) is 24.3 Å². The Kier molecular flexibility index (Phi) is 6.04. The summed E-state index contributed by atoms with van der Waals surface area (Å²) in [5, 5.41) is 2.97. The molecule has 5 nitrogen and oxygen atoms in total. The van der Waals surface area contributed by atoms with Crippen LogP contribution in [-0.4, -0.2) is 39.0 Å². The summed E-state index contributed by atoms with van der Waals surface area (Å²) in [7, 11) is -1.27. The summed E-state index contributed by atoms with van der Waals surface area (Å²) in [5.41, 5.74) is 1.20. The number of ether oxygens (including phenoxy) is 1. The van der Waals surface area contributed by atoms with Gasteiger partial charge in [0, 0.05) is 12.5 Å². The Morgan fingerprint density at radius 2 is 2.04 bits per heavy atom. The van der Waals surface area contributed by atoms with E-state index in [1.165, 1.54) is 5.56 Å². The average Bonchev–Trinajstić information content (AvgIpc) is 2.84. The number of benzene rings is 1. The minimum atomic E-state index is -2.91. The molecular weight excluding hydrogens is 314 g/mol. The molecule has 1 saturated heterocycles. The van der Waals surface area contributed by atoms with E-state index in [2.05, 4.69) is 5.32 Å². The lowest BCUT2D eigenvalue weighted by molar-refractivity contribution is -0.122. The highest BCUT2D eigenvalue weighted by molar-refractivity contribution is 7.91. The first-order valence-electron chi connectivity index (χ1n) is 8.00. The first-order chi connectivity index (χ1) is 10.9. The normalized spacial score (nSPS) is 20.9. The maximum atomic E-state index is 12.0. The maximum absolute atomic E-state index is 12.0. The number of sulfone groups is 1. The fourth-order valence-electron chi connectivity index (χ4n) is 2.88. The van der Waals surface area contributed by atoms with Gasteiger partial charge in [0.15, 0.2) is 9.84 Å². The second kappa shape index (κ2) is 7.81. The van der Waals surface area contributed by atoms with Crippen molar-refractivity contribution in [2.45, 2.75) is 38.6 Å². The van der Waals surface area contributed by atoms with Gasteiger partial charge in [0.25, 0.3) is 0 Å². The lowest BCUT2D eigenvalue weighted by Gasteiger charge is -2.15. The molecule has 2 atom stereocenters. The van der Waals surface area contributed by atoms with Crippen molar-refractivity contribution in [1.29, 1.82) is 0 Å². The molecule has 128 valence electrons. The van der Waals surface area contributed by atoms with Crippen molar-refractivity contribution in [3.05, 3.63) is 29.8 Å². The van der Waals surface area contributed by atoms with Gasteiger partial charge in [0.2, 0.25) is 5.91 Å². The van der Waals surface area contributed by atoms with Gasteiger partial charge in [0.05, 0.1) is 18.6 Å². The number of hydrogen-bond donors (Lipinski definition) is 1. The highest BCUT2D eigenvalue weighted by Crippen LogP contribution is 2.21. The Hall–Kier alpha value is -1.56. The van der Waals surface area contributed by atoms with Crippen molar-refractivity contribution >= 4 is 15.7 Å². The van der Waals surface area contributed by atoms with E-state index in [9.17, 15) is 13.2 Å². The van der Waals surface area contributed by atoms with Crippen LogP contribution >= 0.6 is 0 Å². The van der Waals surface area contributed by atoms with Gasteiger partial charge in [-0.3, -0.25) is 4.79 Å². The zero-order valence-electron chi connectivity index (χ0n) is 13.7. The standard InChI is InChI=1S/C17H25NO4S/c1-13(3-4-14-5-7-16(22-2)8-6-14)18-17(19)11-15-9-10-23(20,21)12-15/h5-8,13,15H,3-4,9-12H2,1-2H3,(H,18,19)/t13-,15-/m1/s1. The molecule has 1 amide bonds. The predicted molar refractivity (Wildman–Crippen MR) is 90.3 cm³/mol. The molecule has 0 spiro atoms. The van der Waals surface area contributed by atoms with Gasteiger partial charge in [-0.1, -0.05) is 12.1 Å². The lowest BCUT2D eigenvalue weighted by atomic mass is 10.0. The highest BCUT2D eigenvalue weighted by atomic mass is 32.2. The van der Waals surface area contributed by atoms with Crippen molar-refractivity contribution in [2.24, 2.45) is 5.92 Å². The topological polar surface area (TPSA) is 72.5 Å². The molecule has 1 aromatic carbocycles. The summed E-state index contributed by atoms with van der Waals surface area (Å²) in [6, 6.07) is 7.98. The van der Waals surface area contributed by atoms with Crippen LogP contribution in [0.25, 0.3) is 0 Å². The first kappa shape index (κ1) is 17.8. The number of rotatable bonds is 7. The molecule has 1 N–H and O–H groups in total. The van der Waals surface area contributed by atoms with Crippen molar-refractivity contribution in [2.75, 3.05) is 18.6 Å². The third kappa shape index (κ3) is 5.86. The van der Waals surface area contributed by atoms with Crippen molar-refractivity contribution < 1.29 is 17.9 Å². The number of carbonyl (C=O) groups is 1. The van der Waals surface area contributed by atoms with Crippen molar-refractivity contribution in [1.82, 2.24) is 5.32 Å². The number of carbonyl (C=O) groups excluding carboxylic acids is 1. The molecule has 23 heavy (non-hydrogen) atoms. The fourth-order valence-corrected chi connectivity index (χ4v) is 4.74. The fraction of sp³-hybridized carbons (Fsp3) is 0.588. The Morgan fingerprint density at radius 3 is 2.61 bits per heavy atom. The predicted octanol–water partition coefficient (Wildman–Crippen LogP) is 1.96. The van der Waals surface area contributed by atoms with Crippen LogP contribution in [0.1, 0.15) is 31.7 Å². The molecule has 0 radical (unpaired) electrons. The Balaban J connectivity index is 1.71. The second-order valence-corrected chi connectivity index (χ2v) is 8.56. The summed E-state index contributed by atoms with van der Waals surface area (Å²) < 4.78 is 27.9. The van der Waals surface area contributed by atoms with Crippen LogP contribution in [0.4, 0.5) is 0 Å². The van der Waals surface area contributed by atoms with Crippen molar-refractivity contribution in [3.8, 4) is 5.75 Å². The Bertz CT molecular complexity index is 624. The van der Waals surface area contributed by atoms with Crippen LogP contribution in [0.5, 0.6) is 5.75 Å². The van der Waals surface area contributed by atoms with Crippen LogP contribution < -0.4 is 10.1 Å². The minimum Gasteiger partial charge on any atom is -0.497 e. The molecular formula is C17H25NO4S. The van der Waals surface area contributed by atoms with Crippen LogP contribution in [0.3, 0.4) is 0 Å². The summed E-state index contributed by atoms with van der Waals surface area (Å²) in [4.78, 5) is 12.0. The number of aryl methyl sites for hydroxylation is 1. The largest absolute Gasteiger partial charge is 0.497 e. The molecule has 0 unspecified atom stereocenters. The van der Waals surface area contributed by atoms with Gasteiger partial charge >= 0.3 is 0 Å². The highest BCUT2D eigenvalue weighted by Gasteiger charge is 2.29. The van der Waals surface area contributed by atoms with Crippen LogP contribution in [-0.2, 0) is 21.1 Å². The smallest absolute Gasteiger partial charge is 0.220 e.